The molecular weight excluding hydrogens is 288 g/mol. The van der Waals surface area contributed by atoms with Gasteiger partial charge in [0.15, 0.2) is 0 Å². The highest BCUT2D eigenvalue weighted by molar-refractivity contribution is 7.89. The maximum absolute atomic E-state index is 13.7. The van der Waals surface area contributed by atoms with Crippen LogP contribution >= 0.6 is 0 Å². The number of sulfonamides is 1. The van der Waals surface area contributed by atoms with Crippen molar-refractivity contribution >= 4 is 10.0 Å². The van der Waals surface area contributed by atoms with Crippen molar-refractivity contribution in [1.29, 1.82) is 0 Å². The summed E-state index contributed by atoms with van der Waals surface area (Å²) in [7, 11) is -3.95. The van der Waals surface area contributed by atoms with Crippen molar-refractivity contribution in [2.24, 2.45) is 0 Å². The Morgan fingerprint density at radius 2 is 2.15 bits per heavy atom. The van der Waals surface area contributed by atoms with Gasteiger partial charge in [0, 0.05) is 25.8 Å². The predicted octanol–water partition coefficient (Wildman–Crippen LogP) is 2.15. The highest BCUT2D eigenvalue weighted by Crippen LogP contribution is 2.24. The monoisotopic (exact) mass is 305 g/mol. The van der Waals surface area contributed by atoms with Crippen molar-refractivity contribution in [3.8, 4) is 0 Å². The Kier molecular flexibility index (Phi) is 4.72. The maximum Gasteiger partial charge on any atom is 0.246 e. The summed E-state index contributed by atoms with van der Waals surface area (Å²) in [6.07, 6.45) is 1.27. The summed E-state index contributed by atoms with van der Waals surface area (Å²) < 4.78 is 57.9. The molecular formula is C13H17F2NO3S. The average molecular weight is 305 g/mol. The van der Waals surface area contributed by atoms with E-state index in [9.17, 15) is 17.2 Å². The molecule has 0 saturated carbocycles. The van der Waals surface area contributed by atoms with Gasteiger partial charge in [0.25, 0.3) is 0 Å². The number of nitrogens with zero attached hydrogens (tertiary/aromatic N) is 1. The first-order valence-corrected chi connectivity index (χ1v) is 7.96. The van der Waals surface area contributed by atoms with Crippen LogP contribution in [-0.4, -0.2) is 38.5 Å². The second-order valence-electron chi connectivity index (χ2n) is 4.66. The standard InChI is InChI=1S/C13H17F2NO3S/c1-2-19-11-4-3-7-16(9-11)20(17,18)13-6-5-10(14)8-12(13)15/h5-6,8,11H,2-4,7,9H2,1H3. The van der Waals surface area contributed by atoms with Gasteiger partial charge in [-0.2, -0.15) is 4.31 Å². The van der Waals surface area contributed by atoms with Crippen LogP contribution in [-0.2, 0) is 14.8 Å². The van der Waals surface area contributed by atoms with E-state index in [0.717, 1.165) is 18.6 Å². The molecule has 4 nitrogen and oxygen atoms in total. The predicted molar refractivity (Wildman–Crippen MR) is 69.8 cm³/mol. The molecule has 1 aromatic carbocycles. The van der Waals surface area contributed by atoms with Gasteiger partial charge in [-0.1, -0.05) is 0 Å². The molecule has 0 bridgehead atoms. The number of halogens is 2. The molecule has 1 aromatic rings. The van der Waals surface area contributed by atoms with Gasteiger partial charge in [-0.25, -0.2) is 17.2 Å². The van der Waals surface area contributed by atoms with Crippen molar-refractivity contribution < 1.29 is 21.9 Å². The van der Waals surface area contributed by atoms with E-state index in [1.807, 2.05) is 6.92 Å². The van der Waals surface area contributed by atoms with Crippen LogP contribution in [0.15, 0.2) is 23.1 Å². The van der Waals surface area contributed by atoms with Crippen molar-refractivity contribution in [1.82, 2.24) is 4.31 Å². The lowest BCUT2D eigenvalue weighted by Crippen LogP contribution is -2.43. The van der Waals surface area contributed by atoms with E-state index in [-0.39, 0.29) is 12.6 Å². The van der Waals surface area contributed by atoms with E-state index in [2.05, 4.69) is 0 Å². The third kappa shape index (κ3) is 3.16. The fourth-order valence-electron chi connectivity index (χ4n) is 2.32. The first kappa shape index (κ1) is 15.3. The minimum atomic E-state index is -3.95. The van der Waals surface area contributed by atoms with E-state index >= 15 is 0 Å². The zero-order valence-electron chi connectivity index (χ0n) is 11.2. The van der Waals surface area contributed by atoms with Gasteiger partial charge in [-0.3, -0.25) is 0 Å². The average Bonchev–Trinajstić information content (AvgIpc) is 2.39. The quantitative estimate of drug-likeness (QED) is 0.856. The number of piperidine rings is 1. The minimum absolute atomic E-state index is 0.174. The summed E-state index contributed by atoms with van der Waals surface area (Å²) in [6.45, 7) is 2.87. The van der Waals surface area contributed by atoms with Gasteiger partial charge >= 0.3 is 0 Å². The molecule has 1 saturated heterocycles. The highest BCUT2D eigenvalue weighted by atomic mass is 32.2. The van der Waals surface area contributed by atoms with Crippen LogP contribution in [0.1, 0.15) is 19.8 Å². The molecule has 1 fully saturated rings. The first-order valence-electron chi connectivity index (χ1n) is 6.52. The lowest BCUT2D eigenvalue weighted by Gasteiger charge is -2.31. The van der Waals surface area contributed by atoms with Gasteiger partial charge in [0.05, 0.1) is 6.10 Å². The van der Waals surface area contributed by atoms with Crippen LogP contribution in [0.5, 0.6) is 0 Å². The molecule has 112 valence electrons. The molecule has 1 heterocycles. The Morgan fingerprint density at radius 1 is 1.40 bits per heavy atom. The molecule has 0 aliphatic carbocycles. The molecule has 1 atom stereocenters. The first-order chi connectivity index (χ1) is 9.45. The second-order valence-corrected chi connectivity index (χ2v) is 6.56. The molecule has 1 unspecified atom stereocenters. The molecule has 1 aliphatic heterocycles. The smallest absolute Gasteiger partial charge is 0.246 e. The molecule has 0 amide bonds. The lowest BCUT2D eigenvalue weighted by atomic mass is 10.1. The largest absolute Gasteiger partial charge is 0.377 e. The third-order valence-corrected chi connectivity index (χ3v) is 5.15. The normalized spacial score (nSPS) is 21.1. The third-order valence-electron chi connectivity index (χ3n) is 3.26. The SMILES string of the molecule is CCOC1CCCN(S(=O)(=O)c2ccc(F)cc2F)C1. The summed E-state index contributed by atoms with van der Waals surface area (Å²) in [5, 5.41) is 0. The number of ether oxygens (including phenoxy) is 1. The van der Waals surface area contributed by atoms with Crippen molar-refractivity contribution in [2.45, 2.75) is 30.8 Å². The van der Waals surface area contributed by atoms with Gasteiger partial charge in [-0.15, -0.1) is 0 Å². The lowest BCUT2D eigenvalue weighted by molar-refractivity contribution is 0.0264. The Hall–Kier alpha value is -1.05. The molecule has 0 spiro atoms. The molecule has 20 heavy (non-hydrogen) atoms. The topological polar surface area (TPSA) is 46.6 Å². The Labute approximate surface area is 117 Å². The Bertz CT molecular complexity index is 575. The zero-order chi connectivity index (χ0) is 14.8. The second kappa shape index (κ2) is 6.15. The summed E-state index contributed by atoms with van der Waals surface area (Å²) >= 11 is 0. The number of rotatable bonds is 4. The summed E-state index contributed by atoms with van der Waals surface area (Å²) in [6, 6.07) is 2.49. The zero-order valence-corrected chi connectivity index (χ0v) is 12.0. The Balaban J connectivity index is 2.25. The van der Waals surface area contributed by atoms with E-state index in [1.165, 1.54) is 4.31 Å². The summed E-state index contributed by atoms with van der Waals surface area (Å²) in [4.78, 5) is -0.490. The van der Waals surface area contributed by atoms with Crippen molar-refractivity contribution in [3.05, 3.63) is 29.8 Å². The summed E-state index contributed by atoms with van der Waals surface area (Å²) in [5.74, 6) is -1.86. The summed E-state index contributed by atoms with van der Waals surface area (Å²) in [5.41, 5.74) is 0. The van der Waals surface area contributed by atoms with Gasteiger partial charge in [-0.05, 0) is 31.9 Å². The molecule has 1 aliphatic rings. The fraction of sp³-hybridized carbons (Fsp3) is 0.538. The molecule has 7 heteroatoms. The van der Waals surface area contributed by atoms with E-state index < -0.39 is 26.6 Å². The maximum atomic E-state index is 13.7. The van der Waals surface area contributed by atoms with Crippen molar-refractivity contribution in [3.63, 3.8) is 0 Å². The molecule has 0 N–H and O–H groups in total. The number of benzene rings is 1. The van der Waals surface area contributed by atoms with E-state index in [1.54, 1.807) is 0 Å². The molecule has 2 rings (SSSR count). The molecule has 0 radical (unpaired) electrons. The van der Waals surface area contributed by atoms with Crippen LogP contribution in [0.3, 0.4) is 0 Å². The van der Waals surface area contributed by atoms with E-state index in [4.69, 9.17) is 4.74 Å². The minimum Gasteiger partial charge on any atom is -0.377 e. The van der Waals surface area contributed by atoms with Crippen molar-refractivity contribution in [2.75, 3.05) is 19.7 Å². The number of hydrogen-bond acceptors (Lipinski definition) is 3. The van der Waals surface area contributed by atoms with Gasteiger partial charge in [0.1, 0.15) is 16.5 Å². The van der Waals surface area contributed by atoms with E-state index in [0.29, 0.717) is 25.6 Å². The molecule has 0 aromatic heterocycles. The van der Waals surface area contributed by atoms with Gasteiger partial charge in [0.2, 0.25) is 10.0 Å². The van der Waals surface area contributed by atoms with Crippen LogP contribution in [0.4, 0.5) is 8.78 Å². The van der Waals surface area contributed by atoms with Crippen LogP contribution < -0.4 is 0 Å². The fourth-order valence-corrected chi connectivity index (χ4v) is 3.87. The van der Waals surface area contributed by atoms with Crippen LogP contribution in [0, 0.1) is 11.6 Å². The highest BCUT2D eigenvalue weighted by Gasteiger charge is 2.32. The number of hydrogen-bond donors (Lipinski definition) is 0. The van der Waals surface area contributed by atoms with Crippen LogP contribution in [0.25, 0.3) is 0 Å². The Morgan fingerprint density at radius 3 is 2.80 bits per heavy atom. The van der Waals surface area contributed by atoms with Crippen LogP contribution in [0.2, 0.25) is 0 Å². The van der Waals surface area contributed by atoms with Gasteiger partial charge < -0.3 is 4.74 Å².